The van der Waals surface area contributed by atoms with Crippen molar-refractivity contribution >= 4 is 0 Å². The lowest BCUT2D eigenvalue weighted by atomic mass is 10.2. The highest BCUT2D eigenvalue weighted by Crippen LogP contribution is 1.98. The summed E-state index contributed by atoms with van der Waals surface area (Å²) in [4.78, 5) is 0. The van der Waals surface area contributed by atoms with Gasteiger partial charge in [0.25, 0.3) is 0 Å². The molecule has 0 aromatic heterocycles. The zero-order valence-corrected chi connectivity index (χ0v) is 9.28. The van der Waals surface area contributed by atoms with E-state index in [4.69, 9.17) is 0 Å². The molecule has 0 saturated carbocycles. The highest BCUT2D eigenvalue weighted by Gasteiger charge is 1.77. The molecule has 0 radical (unpaired) electrons. The van der Waals surface area contributed by atoms with Crippen LogP contribution in [-0.4, -0.2) is 0 Å². The van der Waals surface area contributed by atoms with Gasteiger partial charge in [-0.05, 0) is 19.3 Å². The molecule has 14 heavy (non-hydrogen) atoms. The average Bonchev–Trinajstić information content (AvgIpc) is 2.28. The largest absolute Gasteiger partial charge is 0.0991 e. The minimum Gasteiger partial charge on any atom is -0.0991 e. The van der Waals surface area contributed by atoms with Gasteiger partial charge < -0.3 is 0 Å². The van der Waals surface area contributed by atoms with Gasteiger partial charge in [-0.2, -0.15) is 0 Å². The molecule has 0 heterocycles. The Bertz CT molecular complexity index is 182. The number of hydrogen-bond acceptors (Lipinski definition) is 0. The van der Waals surface area contributed by atoms with Crippen molar-refractivity contribution in [2.24, 2.45) is 0 Å². The van der Waals surface area contributed by atoms with Gasteiger partial charge in [-0.25, -0.2) is 0 Å². The highest BCUT2D eigenvalue weighted by atomic mass is 13.8. The summed E-state index contributed by atoms with van der Waals surface area (Å²) in [6, 6.07) is 0. The fourth-order valence-corrected chi connectivity index (χ4v) is 1.06. The molecule has 0 atom stereocenters. The third kappa shape index (κ3) is 11.0. The molecule has 0 saturated heterocycles. The summed E-state index contributed by atoms with van der Waals surface area (Å²) in [7, 11) is 0. The van der Waals surface area contributed by atoms with E-state index in [0.29, 0.717) is 0 Å². The van der Waals surface area contributed by atoms with E-state index in [2.05, 4.69) is 43.9 Å². The number of hydrogen-bond donors (Lipinski definition) is 0. The molecule has 1 rings (SSSR count). The second kappa shape index (κ2) is 12.0. The predicted molar refractivity (Wildman–Crippen MR) is 66.4 cm³/mol. The Balaban J connectivity index is 0.000000249. The van der Waals surface area contributed by atoms with Gasteiger partial charge >= 0.3 is 0 Å². The lowest BCUT2D eigenvalue weighted by Gasteiger charge is -1.88. The second-order valence-corrected chi connectivity index (χ2v) is 3.24. The van der Waals surface area contributed by atoms with Crippen LogP contribution in [0.25, 0.3) is 0 Å². The van der Waals surface area contributed by atoms with Crippen LogP contribution in [0.1, 0.15) is 39.0 Å². The van der Waals surface area contributed by atoms with Crippen molar-refractivity contribution in [2.45, 2.75) is 39.0 Å². The van der Waals surface area contributed by atoms with Gasteiger partial charge in [0.15, 0.2) is 0 Å². The van der Waals surface area contributed by atoms with Crippen molar-refractivity contribution in [1.29, 1.82) is 0 Å². The number of allylic oxidation sites excluding steroid dienone is 7. The van der Waals surface area contributed by atoms with Gasteiger partial charge in [0, 0.05) is 0 Å². The molecule has 0 spiro atoms. The van der Waals surface area contributed by atoms with Crippen LogP contribution < -0.4 is 0 Å². The SMILES string of the molecule is C1=CCCC=C1.C=CC=CCCCC. The molecule has 1 aliphatic carbocycles. The molecule has 0 nitrogen and oxygen atoms in total. The Morgan fingerprint density at radius 1 is 1.21 bits per heavy atom. The number of unbranched alkanes of at least 4 members (excludes halogenated alkanes) is 2. The monoisotopic (exact) mass is 190 g/mol. The predicted octanol–water partition coefficient (Wildman–Crippen LogP) is 4.81. The molecule has 0 fully saturated rings. The second-order valence-electron chi connectivity index (χ2n) is 3.24. The van der Waals surface area contributed by atoms with Gasteiger partial charge in [0.05, 0.1) is 0 Å². The van der Waals surface area contributed by atoms with E-state index in [0.717, 1.165) is 0 Å². The van der Waals surface area contributed by atoms with Crippen molar-refractivity contribution in [3.05, 3.63) is 49.1 Å². The Kier molecular flexibility index (Phi) is 11.1. The van der Waals surface area contributed by atoms with Gasteiger partial charge in [-0.1, -0.05) is 68.9 Å². The minimum absolute atomic E-state index is 1.20. The molecule has 0 N–H and O–H groups in total. The van der Waals surface area contributed by atoms with Crippen LogP contribution in [0.15, 0.2) is 49.1 Å². The third-order valence-corrected chi connectivity index (χ3v) is 1.88. The molecule has 0 amide bonds. The van der Waals surface area contributed by atoms with Gasteiger partial charge in [-0.15, -0.1) is 0 Å². The normalized spacial score (nSPS) is 13.8. The van der Waals surface area contributed by atoms with E-state index in [1.807, 2.05) is 12.2 Å². The summed E-state index contributed by atoms with van der Waals surface area (Å²) in [5.74, 6) is 0. The van der Waals surface area contributed by atoms with Crippen molar-refractivity contribution in [3.8, 4) is 0 Å². The fourth-order valence-electron chi connectivity index (χ4n) is 1.06. The van der Waals surface area contributed by atoms with Gasteiger partial charge in [0.2, 0.25) is 0 Å². The third-order valence-electron chi connectivity index (χ3n) is 1.88. The van der Waals surface area contributed by atoms with Crippen LogP contribution in [0, 0.1) is 0 Å². The maximum absolute atomic E-state index is 3.57. The molecule has 0 unspecified atom stereocenters. The first-order chi connectivity index (χ1) is 6.91. The molecular weight excluding hydrogens is 168 g/mol. The fraction of sp³-hybridized carbons (Fsp3) is 0.429. The van der Waals surface area contributed by atoms with E-state index >= 15 is 0 Å². The smallest absolute Gasteiger partial charge is 0.0313 e. The van der Waals surface area contributed by atoms with E-state index in [9.17, 15) is 0 Å². The Hall–Kier alpha value is -1.04. The first-order valence-electron chi connectivity index (χ1n) is 5.51. The molecule has 0 aromatic rings. The van der Waals surface area contributed by atoms with Crippen LogP contribution in [0.2, 0.25) is 0 Å². The Morgan fingerprint density at radius 3 is 2.21 bits per heavy atom. The minimum atomic E-state index is 1.20. The van der Waals surface area contributed by atoms with Crippen LogP contribution >= 0.6 is 0 Å². The Morgan fingerprint density at radius 2 is 1.86 bits per heavy atom. The topological polar surface area (TPSA) is 0 Å². The average molecular weight is 190 g/mol. The van der Waals surface area contributed by atoms with Crippen LogP contribution in [-0.2, 0) is 0 Å². The van der Waals surface area contributed by atoms with E-state index in [1.165, 1.54) is 32.1 Å². The van der Waals surface area contributed by atoms with E-state index in [-0.39, 0.29) is 0 Å². The van der Waals surface area contributed by atoms with Crippen LogP contribution in [0.4, 0.5) is 0 Å². The summed E-state index contributed by atoms with van der Waals surface area (Å²) in [6.45, 7) is 5.77. The lowest BCUT2D eigenvalue weighted by molar-refractivity contribution is 0.815. The molecule has 78 valence electrons. The molecule has 0 aliphatic heterocycles. The van der Waals surface area contributed by atoms with Crippen LogP contribution in [0.3, 0.4) is 0 Å². The quantitative estimate of drug-likeness (QED) is 0.441. The highest BCUT2D eigenvalue weighted by molar-refractivity contribution is 5.07. The maximum Gasteiger partial charge on any atom is -0.0313 e. The number of rotatable bonds is 4. The van der Waals surface area contributed by atoms with Gasteiger partial charge in [-0.3, -0.25) is 0 Å². The maximum atomic E-state index is 3.57. The van der Waals surface area contributed by atoms with Crippen LogP contribution in [0.5, 0.6) is 0 Å². The molecular formula is C14H22. The molecule has 0 aromatic carbocycles. The van der Waals surface area contributed by atoms with Gasteiger partial charge in [0.1, 0.15) is 0 Å². The summed E-state index contributed by atoms with van der Waals surface area (Å²) in [5, 5.41) is 0. The molecule has 1 aliphatic rings. The summed E-state index contributed by atoms with van der Waals surface area (Å²) < 4.78 is 0. The first kappa shape index (κ1) is 13.0. The zero-order valence-electron chi connectivity index (χ0n) is 9.28. The first-order valence-corrected chi connectivity index (χ1v) is 5.51. The van der Waals surface area contributed by atoms with E-state index < -0.39 is 0 Å². The summed E-state index contributed by atoms with van der Waals surface area (Å²) in [5.41, 5.74) is 0. The zero-order chi connectivity index (χ0) is 10.5. The summed E-state index contributed by atoms with van der Waals surface area (Å²) in [6.07, 6.45) is 20.7. The molecule has 0 heteroatoms. The van der Waals surface area contributed by atoms with Crippen molar-refractivity contribution in [2.75, 3.05) is 0 Å². The lowest BCUT2D eigenvalue weighted by Crippen LogP contribution is -1.67. The molecule has 0 bridgehead atoms. The van der Waals surface area contributed by atoms with E-state index in [1.54, 1.807) is 0 Å². The Labute approximate surface area is 88.7 Å². The van der Waals surface area contributed by atoms with Crippen molar-refractivity contribution < 1.29 is 0 Å². The summed E-state index contributed by atoms with van der Waals surface area (Å²) >= 11 is 0. The van der Waals surface area contributed by atoms with Crippen molar-refractivity contribution in [3.63, 3.8) is 0 Å². The van der Waals surface area contributed by atoms with Crippen molar-refractivity contribution in [1.82, 2.24) is 0 Å². The standard InChI is InChI=1S/C8H14.C6H8/c1-3-5-7-8-6-4-2;1-2-4-6-5-3-1/h3,5,7H,1,4,6,8H2,2H3;1-4H,5-6H2.